The lowest BCUT2D eigenvalue weighted by Crippen LogP contribution is -2.46. The normalized spacial score (nSPS) is 22.7. The second kappa shape index (κ2) is 5.31. The third kappa shape index (κ3) is 2.76. The first kappa shape index (κ1) is 12.8. The first-order valence-electron chi connectivity index (χ1n) is 6.18. The standard InChI is InChI=1S/C14H18N2O2/c1-10-7-12(17)9-16(8-10)13(14(15)18)11-5-3-2-4-6-11/h2-6,10,13H,7-9H2,1H3,(H2,15,18). The summed E-state index contributed by atoms with van der Waals surface area (Å²) < 4.78 is 0. The van der Waals surface area contributed by atoms with E-state index >= 15 is 0 Å². The molecule has 1 aromatic rings. The molecular formula is C14H18N2O2. The van der Waals surface area contributed by atoms with Crippen molar-refractivity contribution in [2.75, 3.05) is 13.1 Å². The number of nitrogens with two attached hydrogens (primary N) is 1. The summed E-state index contributed by atoms with van der Waals surface area (Å²) in [5, 5.41) is 0. The van der Waals surface area contributed by atoms with E-state index in [4.69, 9.17) is 5.73 Å². The number of likely N-dealkylation sites (tertiary alicyclic amines) is 1. The van der Waals surface area contributed by atoms with E-state index in [1.165, 1.54) is 0 Å². The van der Waals surface area contributed by atoms with Gasteiger partial charge in [0.15, 0.2) is 0 Å². The van der Waals surface area contributed by atoms with Crippen molar-refractivity contribution in [3.05, 3.63) is 35.9 Å². The highest BCUT2D eigenvalue weighted by Crippen LogP contribution is 2.25. The van der Waals surface area contributed by atoms with Crippen molar-refractivity contribution in [1.82, 2.24) is 4.90 Å². The van der Waals surface area contributed by atoms with Gasteiger partial charge < -0.3 is 5.73 Å². The molecule has 2 unspecified atom stereocenters. The minimum absolute atomic E-state index is 0.177. The zero-order chi connectivity index (χ0) is 13.1. The molecule has 0 spiro atoms. The van der Waals surface area contributed by atoms with Crippen molar-refractivity contribution in [2.24, 2.45) is 11.7 Å². The SMILES string of the molecule is CC1CC(=O)CN(C(C(N)=O)c2ccccc2)C1. The van der Waals surface area contributed by atoms with Gasteiger partial charge in [0, 0.05) is 13.0 Å². The second-order valence-electron chi connectivity index (χ2n) is 4.99. The van der Waals surface area contributed by atoms with Gasteiger partial charge in [-0.05, 0) is 11.5 Å². The lowest BCUT2D eigenvalue weighted by molar-refractivity contribution is -0.129. The number of hydrogen-bond donors (Lipinski definition) is 1. The van der Waals surface area contributed by atoms with Crippen LogP contribution in [0.4, 0.5) is 0 Å². The highest BCUT2D eigenvalue weighted by Gasteiger charge is 2.31. The highest BCUT2D eigenvalue weighted by molar-refractivity contribution is 5.85. The van der Waals surface area contributed by atoms with E-state index in [0.29, 0.717) is 13.0 Å². The summed E-state index contributed by atoms with van der Waals surface area (Å²) in [6.07, 6.45) is 0.594. The van der Waals surface area contributed by atoms with Crippen LogP contribution in [0.15, 0.2) is 30.3 Å². The van der Waals surface area contributed by atoms with Crippen molar-refractivity contribution in [3.63, 3.8) is 0 Å². The lowest BCUT2D eigenvalue weighted by Gasteiger charge is -2.35. The summed E-state index contributed by atoms with van der Waals surface area (Å²) >= 11 is 0. The molecule has 0 saturated carbocycles. The zero-order valence-corrected chi connectivity index (χ0v) is 10.5. The van der Waals surface area contributed by atoms with E-state index in [1.807, 2.05) is 42.2 Å². The van der Waals surface area contributed by atoms with Gasteiger partial charge in [-0.15, -0.1) is 0 Å². The van der Waals surface area contributed by atoms with E-state index in [2.05, 4.69) is 0 Å². The Hall–Kier alpha value is -1.68. The molecule has 1 fully saturated rings. The number of nitrogens with zero attached hydrogens (tertiary/aromatic N) is 1. The Morgan fingerprint density at radius 3 is 2.61 bits per heavy atom. The fourth-order valence-electron chi connectivity index (χ4n) is 2.60. The van der Waals surface area contributed by atoms with Gasteiger partial charge in [-0.25, -0.2) is 0 Å². The Morgan fingerprint density at radius 2 is 2.06 bits per heavy atom. The lowest BCUT2D eigenvalue weighted by atomic mass is 9.95. The molecule has 1 heterocycles. The van der Waals surface area contributed by atoms with Crippen LogP contribution in [-0.2, 0) is 9.59 Å². The van der Waals surface area contributed by atoms with Crippen molar-refractivity contribution in [3.8, 4) is 0 Å². The van der Waals surface area contributed by atoms with Gasteiger partial charge in [0.1, 0.15) is 11.8 Å². The third-order valence-electron chi connectivity index (χ3n) is 3.25. The number of carbonyl (C=O) groups is 2. The van der Waals surface area contributed by atoms with Crippen molar-refractivity contribution >= 4 is 11.7 Å². The number of hydrogen-bond acceptors (Lipinski definition) is 3. The molecule has 0 bridgehead atoms. The second-order valence-corrected chi connectivity index (χ2v) is 4.99. The van der Waals surface area contributed by atoms with E-state index in [-0.39, 0.29) is 11.7 Å². The summed E-state index contributed by atoms with van der Waals surface area (Å²) in [5.74, 6) is 0.0517. The minimum Gasteiger partial charge on any atom is -0.368 e. The quantitative estimate of drug-likeness (QED) is 0.869. The smallest absolute Gasteiger partial charge is 0.239 e. The Balaban J connectivity index is 2.26. The molecule has 2 atom stereocenters. The summed E-state index contributed by atoms with van der Waals surface area (Å²) in [4.78, 5) is 25.2. The Bertz CT molecular complexity index is 444. The van der Waals surface area contributed by atoms with Crippen molar-refractivity contribution < 1.29 is 9.59 Å². The first-order chi connectivity index (χ1) is 8.58. The molecule has 1 aliphatic rings. The number of benzene rings is 1. The van der Waals surface area contributed by atoms with Crippen LogP contribution in [0.25, 0.3) is 0 Å². The van der Waals surface area contributed by atoms with E-state index in [9.17, 15) is 9.59 Å². The average Bonchev–Trinajstić information content (AvgIpc) is 2.28. The molecule has 96 valence electrons. The van der Waals surface area contributed by atoms with Crippen LogP contribution >= 0.6 is 0 Å². The van der Waals surface area contributed by atoms with Gasteiger partial charge >= 0.3 is 0 Å². The first-order valence-corrected chi connectivity index (χ1v) is 6.18. The van der Waals surface area contributed by atoms with Gasteiger partial charge in [0.2, 0.25) is 5.91 Å². The molecule has 0 radical (unpaired) electrons. The van der Waals surface area contributed by atoms with Crippen LogP contribution in [0.5, 0.6) is 0 Å². The van der Waals surface area contributed by atoms with Gasteiger partial charge in [0.05, 0.1) is 6.54 Å². The topological polar surface area (TPSA) is 63.4 Å². The molecule has 1 aliphatic heterocycles. The molecule has 2 rings (SSSR count). The maximum absolute atomic E-state index is 11.7. The number of primary amides is 1. The summed E-state index contributed by atoms with van der Waals surface area (Å²) in [5.41, 5.74) is 6.35. The molecule has 4 heteroatoms. The average molecular weight is 246 g/mol. The number of carbonyl (C=O) groups excluding carboxylic acids is 2. The summed E-state index contributed by atoms with van der Waals surface area (Å²) in [7, 11) is 0. The Morgan fingerprint density at radius 1 is 1.39 bits per heavy atom. The van der Waals surface area contributed by atoms with Gasteiger partial charge in [0.25, 0.3) is 0 Å². The highest BCUT2D eigenvalue weighted by atomic mass is 16.1. The van der Waals surface area contributed by atoms with E-state index in [0.717, 1.165) is 12.1 Å². The van der Waals surface area contributed by atoms with Crippen LogP contribution in [0.3, 0.4) is 0 Å². The summed E-state index contributed by atoms with van der Waals surface area (Å²) in [6, 6.07) is 8.89. The minimum atomic E-state index is -0.502. The number of Topliss-reactive ketones (excluding diaryl/α,β-unsaturated/α-hetero) is 1. The fourth-order valence-corrected chi connectivity index (χ4v) is 2.60. The number of piperidine rings is 1. The summed E-state index contributed by atoms with van der Waals surface area (Å²) in [6.45, 7) is 3.06. The largest absolute Gasteiger partial charge is 0.368 e. The molecule has 1 saturated heterocycles. The van der Waals surface area contributed by atoms with Crippen molar-refractivity contribution in [1.29, 1.82) is 0 Å². The zero-order valence-electron chi connectivity index (χ0n) is 10.5. The predicted octanol–water partition coefficient (Wildman–Crippen LogP) is 1.12. The Labute approximate surface area is 107 Å². The van der Waals surface area contributed by atoms with Gasteiger partial charge in [-0.2, -0.15) is 0 Å². The third-order valence-corrected chi connectivity index (χ3v) is 3.25. The number of ketones is 1. The van der Waals surface area contributed by atoms with Crippen LogP contribution in [0, 0.1) is 5.92 Å². The molecular weight excluding hydrogens is 228 g/mol. The van der Waals surface area contributed by atoms with Gasteiger partial charge in [-0.1, -0.05) is 37.3 Å². The predicted molar refractivity (Wildman–Crippen MR) is 68.7 cm³/mol. The van der Waals surface area contributed by atoms with E-state index < -0.39 is 11.9 Å². The van der Waals surface area contributed by atoms with Crippen LogP contribution in [0.2, 0.25) is 0 Å². The maximum Gasteiger partial charge on any atom is 0.239 e. The van der Waals surface area contributed by atoms with Crippen LogP contribution in [-0.4, -0.2) is 29.7 Å². The molecule has 1 aromatic carbocycles. The number of amides is 1. The molecule has 4 nitrogen and oxygen atoms in total. The molecule has 0 aliphatic carbocycles. The maximum atomic E-state index is 11.7. The monoisotopic (exact) mass is 246 g/mol. The van der Waals surface area contributed by atoms with E-state index in [1.54, 1.807) is 0 Å². The van der Waals surface area contributed by atoms with Crippen molar-refractivity contribution in [2.45, 2.75) is 19.4 Å². The van der Waals surface area contributed by atoms with Crippen LogP contribution in [0.1, 0.15) is 24.9 Å². The molecule has 18 heavy (non-hydrogen) atoms. The van der Waals surface area contributed by atoms with Crippen LogP contribution < -0.4 is 5.73 Å². The van der Waals surface area contributed by atoms with Gasteiger partial charge in [-0.3, -0.25) is 14.5 Å². The molecule has 0 aromatic heterocycles. The number of rotatable bonds is 3. The Kier molecular flexibility index (Phi) is 3.77. The molecule has 1 amide bonds. The fraction of sp³-hybridized carbons (Fsp3) is 0.429. The molecule has 2 N–H and O–H groups in total.